The highest BCUT2D eigenvalue weighted by Crippen LogP contribution is 2.21. The van der Waals surface area contributed by atoms with Gasteiger partial charge in [-0.05, 0) is 25.1 Å². The molecule has 0 amide bonds. The maximum Gasteiger partial charge on any atom is 0.126 e. The summed E-state index contributed by atoms with van der Waals surface area (Å²) < 4.78 is 10.6. The van der Waals surface area contributed by atoms with Crippen LogP contribution in [0.3, 0.4) is 0 Å². The molecule has 0 aliphatic rings. The zero-order chi connectivity index (χ0) is 15.1. The lowest BCUT2D eigenvalue weighted by Crippen LogP contribution is -2.13. The van der Waals surface area contributed by atoms with Gasteiger partial charge in [-0.3, -0.25) is 0 Å². The second kappa shape index (κ2) is 7.93. The predicted octanol–water partition coefficient (Wildman–Crippen LogP) is 3.22. The number of aliphatic hydroxyl groups excluding tert-OH is 1. The molecule has 0 aliphatic heterocycles. The van der Waals surface area contributed by atoms with Crippen molar-refractivity contribution >= 4 is 23.5 Å². The van der Waals surface area contributed by atoms with Crippen LogP contribution in [0.25, 0.3) is 12.2 Å². The molecule has 2 rings (SSSR count). The van der Waals surface area contributed by atoms with Crippen molar-refractivity contribution < 1.29 is 14.6 Å². The molecule has 1 atom stereocenters. The molecule has 0 radical (unpaired) electrons. The number of para-hydroxylation sites is 1. The third kappa shape index (κ3) is 4.97. The summed E-state index contributed by atoms with van der Waals surface area (Å²) in [5.41, 5.74) is 1.86. The summed E-state index contributed by atoms with van der Waals surface area (Å²) >= 11 is 1.58. The highest BCUT2D eigenvalue weighted by Gasteiger charge is 2.03. The maximum atomic E-state index is 9.30. The van der Waals surface area contributed by atoms with E-state index in [0.29, 0.717) is 6.61 Å². The molecule has 1 heterocycles. The standard InChI is InChI=1S/C16H19NO3S/c1-12(18)9-20-15-6-4-3-5-13(15)7-8-14-11-21-16(17-14)10-19-2/h3-8,11-12,18H,9-10H2,1-2H3. The Morgan fingerprint density at radius 1 is 1.33 bits per heavy atom. The molecular weight excluding hydrogens is 286 g/mol. The largest absolute Gasteiger partial charge is 0.490 e. The van der Waals surface area contributed by atoms with Crippen LogP contribution in [-0.2, 0) is 11.3 Å². The molecule has 0 spiro atoms. The van der Waals surface area contributed by atoms with Crippen LogP contribution in [0.1, 0.15) is 23.2 Å². The Kier molecular flexibility index (Phi) is 5.92. The minimum absolute atomic E-state index is 0.277. The molecule has 1 unspecified atom stereocenters. The quantitative estimate of drug-likeness (QED) is 0.853. The van der Waals surface area contributed by atoms with Crippen LogP contribution in [0, 0.1) is 0 Å². The molecule has 4 nitrogen and oxygen atoms in total. The second-order valence-electron chi connectivity index (χ2n) is 4.63. The van der Waals surface area contributed by atoms with Gasteiger partial charge in [-0.1, -0.05) is 18.2 Å². The Bertz CT molecular complexity index is 593. The van der Waals surface area contributed by atoms with Crippen LogP contribution in [0.5, 0.6) is 5.75 Å². The normalized spacial score (nSPS) is 12.7. The van der Waals surface area contributed by atoms with Gasteiger partial charge in [-0.25, -0.2) is 4.98 Å². The van der Waals surface area contributed by atoms with Crippen molar-refractivity contribution in [3.63, 3.8) is 0 Å². The highest BCUT2D eigenvalue weighted by atomic mass is 32.1. The van der Waals surface area contributed by atoms with E-state index in [1.54, 1.807) is 25.4 Å². The average Bonchev–Trinajstić information content (AvgIpc) is 2.92. The Morgan fingerprint density at radius 3 is 2.90 bits per heavy atom. The number of rotatable bonds is 7. The van der Waals surface area contributed by atoms with Crippen LogP contribution < -0.4 is 4.74 Å². The highest BCUT2D eigenvalue weighted by molar-refractivity contribution is 7.09. The van der Waals surface area contributed by atoms with E-state index in [4.69, 9.17) is 9.47 Å². The van der Waals surface area contributed by atoms with E-state index >= 15 is 0 Å². The van der Waals surface area contributed by atoms with Crippen molar-refractivity contribution in [2.45, 2.75) is 19.6 Å². The SMILES string of the molecule is COCc1nc(C=Cc2ccccc2OCC(C)O)cs1. The topological polar surface area (TPSA) is 51.6 Å². The Hall–Kier alpha value is -1.69. The van der Waals surface area contributed by atoms with E-state index in [-0.39, 0.29) is 6.61 Å². The minimum atomic E-state index is -0.489. The van der Waals surface area contributed by atoms with Gasteiger partial charge >= 0.3 is 0 Å². The number of hydrogen-bond donors (Lipinski definition) is 1. The number of nitrogens with zero attached hydrogens (tertiary/aromatic N) is 1. The molecule has 1 aromatic carbocycles. The summed E-state index contributed by atoms with van der Waals surface area (Å²) in [6, 6.07) is 7.72. The lowest BCUT2D eigenvalue weighted by Gasteiger charge is -2.10. The number of thiazole rings is 1. The lowest BCUT2D eigenvalue weighted by molar-refractivity contribution is 0.122. The van der Waals surface area contributed by atoms with Crippen LogP contribution in [0.2, 0.25) is 0 Å². The van der Waals surface area contributed by atoms with Gasteiger partial charge in [0.15, 0.2) is 0 Å². The second-order valence-corrected chi connectivity index (χ2v) is 5.57. The van der Waals surface area contributed by atoms with Crippen molar-refractivity contribution in [3.05, 3.63) is 45.9 Å². The number of ether oxygens (including phenoxy) is 2. The van der Waals surface area contributed by atoms with Crippen molar-refractivity contribution in [2.24, 2.45) is 0 Å². The molecule has 1 aromatic heterocycles. The molecule has 0 saturated heterocycles. The number of methoxy groups -OCH3 is 1. The van der Waals surface area contributed by atoms with Gasteiger partial charge < -0.3 is 14.6 Å². The summed E-state index contributed by atoms with van der Waals surface area (Å²) in [7, 11) is 1.66. The van der Waals surface area contributed by atoms with Gasteiger partial charge in [-0.2, -0.15) is 0 Å². The van der Waals surface area contributed by atoms with Crippen LogP contribution in [-0.4, -0.2) is 29.9 Å². The van der Waals surface area contributed by atoms with Crippen molar-refractivity contribution in [2.75, 3.05) is 13.7 Å². The molecule has 0 fully saturated rings. The van der Waals surface area contributed by atoms with Gasteiger partial charge in [0, 0.05) is 18.1 Å². The molecule has 0 bridgehead atoms. The van der Waals surface area contributed by atoms with Gasteiger partial charge in [0.1, 0.15) is 17.4 Å². The molecule has 5 heteroatoms. The van der Waals surface area contributed by atoms with Gasteiger partial charge in [0.2, 0.25) is 0 Å². The van der Waals surface area contributed by atoms with Gasteiger partial charge in [0.05, 0.1) is 18.4 Å². The van der Waals surface area contributed by atoms with E-state index in [2.05, 4.69) is 4.98 Å². The first kappa shape index (κ1) is 15.7. The predicted molar refractivity (Wildman–Crippen MR) is 85.4 cm³/mol. The lowest BCUT2D eigenvalue weighted by atomic mass is 10.2. The molecule has 21 heavy (non-hydrogen) atoms. The van der Waals surface area contributed by atoms with Crippen LogP contribution in [0.15, 0.2) is 29.6 Å². The van der Waals surface area contributed by atoms with E-state index < -0.39 is 6.10 Å². The summed E-state index contributed by atoms with van der Waals surface area (Å²) in [6.07, 6.45) is 3.42. The summed E-state index contributed by atoms with van der Waals surface area (Å²) in [5, 5.41) is 12.2. The molecule has 0 aliphatic carbocycles. The zero-order valence-corrected chi connectivity index (χ0v) is 13.0. The maximum absolute atomic E-state index is 9.30. The average molecular weight is 305 g/mol. The van der Waals surface area contributed by atoms with Crippen molar-refractivity contribution in [1.29, 1.82) is 0 Å². The van der Waals surface area contributed by atoms with Crippen LogP contribution >= 0.6 is 11.3 Å². The summed E-state index contributed by atoms with van der Waals surface area (Å²) in [6.45, 7) is 2.51. The monoisotopic (exact) mass is 305 g/mol. The fraction of sp³-hybridized carbons (Fsp3) is 0.312. The summed E-state index contributed by atoms with van der Waals surface area (Å²) in [5.74, 6) is 0.752. The van der Waals surface area contributed by atoms with E-state index in [9.17, 15) is 5.11 Å². The van der Waals surface area contributed by atoms with E-state index in [0.717, 1.165) is 22.0 Å². The van der Waals surface area contributed by atoms with Crippen molar-refractivity contribution in [3.8, 4) is 5.75 Å². The van der Waals surface area contributed by atoms with Crippen LogP contribution in [0.4, 0.5) is 0 Å². The van der Waals surface area contributed by atoms with Gasteiger partial charge in [-0.15, -0.1) is 11.3 Å². The Morgan fingerprint density at radius 2 is 2.14 bits per heavy atom. The first-order valence-electron chi connectivity index (χ1n) is 6.70. The number of aliphatic hydroxyl groups is 1. The fourth-order valence-electron chi connectivity index (χ4n) is 1.73. The third-order valence-corrected chi connectivity index (χ3v) is 3.51. The molecule has 1 N–H and O–H groups in total. The Balaban J connectivity index is 2.08. The molecule has 0 saturated carbocycles. The summed E-state index contributed by atoms with van der Waals surface area (Å²) in [4.78, 5) is 4.44. The fourth-order valence-corrected chi connectivity index (χ4v) is 2.46. The first-order chi connectivity index (χ1) is 10.2. The smallest absolute Gasteiger partial charge is 0.126 e. The number of hydrogen-bond acceptors (Lipinski definition) is 5. The Labute approximate surface area is 128 Å². The minimum Gasteiger partial charge on any atom is -0.490 e. The van der Waals surface area contributed by atoms with Gasteiger partial charge in [0.25, 0.3) is 0 Å². The number of aromatic nitrogens is 1. The molecular formula is C16H19NO3S. The first-order valence-corrected chi connectivity index (χ1v) is 7.58. The van der Waals surface area contributed by atoms with E-state index in [1.165, 1.54) is 0 Å². The van der Waals surface area contributed by atoms with E-state index in [1.807, 2.05) is 41.8 Å². The third-order valence-electron chi connectivity index (χ3n) is 2.67. The molecule has 112 valence electrons. The zero-order valence-electron chi connectivity index (χ0n) is 12.2. The number of benzene rings is 1. The molecule has 2 aromatic rings. The van der Waals surface area contributed by atoms with Crippen molar-refractivity contribution in [1.82, 2.24) is 4.98 Å².